The van der Waals surface area contributed by atoms with Crippen LogP contribution in [0.2, 0.25) is 0 Å². The molecule has 0 aliphatic carbocycles. The predicted molar refractivity (Wildman–Crippen MR) is 98.8 cm³/mol. The van der Waals surface area contributed by atoms with E-state index in [1.165, 1.54) is 10.5 Å². The molecule has 0 saturated carbocycles. The second-order valence-corrected chi connectivity index (χ2v) is 7.06. The Morgan fingerprint density at radius 1 is 1.21 bits per heavy atom. The highest BCUT2D eigenvalue weighted by atomic mass is 79.9. The number of nitrogens with zero attached hydrogens (tertiary/aromatic N) is 2. The summed E-state index contributed by atoms with van der Waals surface area (Å²) in [5.74, 6) is 1.22. The molecule has 0 bridgehead atoms. The van der Waals surface area contributed by atoms with Crippen molar-refractivity contribution in [2.75, 3.05) is 0 Å². The first kappa shape index (κ1) is 16.7. The number of pyridine rings is 1. The van der Waals surface area contributed by atoms with E-state index in [4.69, 9.17) is 4.74 Å². The van der Waals surface area contributed by atoms with E-state index in [1.54, 1.807) is 12.3 Å². The molecule has 0 aliphatic heterocycles. The van der Waals surface area contributed by atoms with Crippen LogP contribution < -0.4 is 10.3 Å². The summed E-state index contributed by atoms with van der Waals surface area (Å²) >= 11 is 3.36. The Bertz CT molecular complexity index is 948. The molecule has 2 aromatic heterocycles. The van der Waals surface area contributed by atoms with Crippen LogP contribution in [0.25, 0.3) is 5.65 Å². The molecule has 5 heteroatoms. The summed E-state index contributed by atoms with van der Waals surface area (Å²) in [6.45, 7) is 6.58. The fourth-order valence-electron chi connectivity index (χ4n) is 2.60. The average molecular weight is 387 g/mol. The molecule has 3 aromatic rings. The molecule has 0 amide bonds. The van der Waals surface area contributed by atoms with E-state index in [9.17, 15) is 4.79 Å². The molecule has 1 aromatic carbocycles. The molecule has 0 unspecified atom stereocenters. The number of ether oxygens (including phenoxy) is 1. The SMILES string of the molecule is Cc1ccc(C(C)C)c(OCc2cc(=O)n3cc(Br)ccc3n2)c1. The number of benzene rings is 1. The molecule has 4 nitrogen and oxygen atoms in total. The van der Waals surface area contributed by atoms with Gasteiger partial charge in [0.25, 0.3) is 5.56 Å². The summed E-state index contributed by atoms with van der Waals surface area (Å²) in [6.07, 6.45) is 1.72. The third-order valence-corrected chi connectivity index (χ3v) is 4.31. The van der Waals surface area contributed by atoms with Crippen LogP contribution in [0, 0.1) is 6.92 Å². The van der Waals surface area contributed by atoms with Crippen molar-refractivity contribution in [2.24, 2.45) is 0 Å². The van der Waals surface area contributed by atoms with Crippen LogP contribution in [-0.4, -0.2) is 9.38 Å². The Balaban J connectivity index is 1.90. The minimum absolute atomic E-state index is 0.117. The standard InChI is InChI=1S/C19H19BrN2O2/c1-12(2)16-6-4-13(3)8-17(16)24-11-15-9-19(23)22-10-14(20)5-7-18(22)21-15/h4-10,12H,11H2,1-3H3. The smallest absolute Gasteiger partial charge is 0.258 e. The van der Waals surface area contributed by atoms with E-state index >= 15 is 0 Å². The van der Waals surface area contributed by atoms with Gasteiger partial charge >= 0.3 is 0 Å². The summed E-state index contributed by atoms with van der Waals surface area (Å²) in [7, 11) is 0. The van der Waals surface area contributed by atoms with Crippen molar-refractivity contribution in [3.8, 4) is 5.75 Å². The molecule has 124 valence electrons. The predicted octanol–water partition coefficient (Wildman–Crippen LogP) is 4.47. The maximum absolute atomic E-state index is 12.2. The third-order valence-electron chi connectivity index (χ3n) is 3.84. The largest absolute Gasteiger partial charge is 0.487 e. The normalized spacial score (nSPS) is 11.2. The van der Waals surface area contributed by atoms with Crippen molar-refractivity contribution in [3.63, 3.8) is 0 Å². The van der Waals surface area contributed by atoms with E-state index in [1.807, 2.05) is 19.1 Å². The number of rotatable bonds is 4. The van der Waals surface area contributed by atoms with Crippen LogP contribution in [0.3, 0.4) is 0 Å². The minimum atomic E-state index is -0.117. The Morgan fingerprint density at radius 3 is 2.75 bits per heavy atom. The zero-order valence-electron chi connectivity index (χ0n) is 13.9. The van der Waals surface area contributed by atoms with E-state index in [0.717, 1.165) is 21.3 Å². The summed E-state index contributed by atoms with van der Waals surface area (Å²) in [5, 5.41) is 0. The Hall–Kier alpha value is -2.14. The first-order valence-electron chi connectivity index (χ1n) is 7.85. The van der Waals surface area contributed by atoms with Gasteiger partial charge in [0, 0.05) is 16.7 Å². The Morgan fingerprint density at radius 2 is 2.00 bits per heavy atom. The molecule has 2 heterocycles. The van der Waals surface area contributed by atoms with Crippen molar-refractivity contribution in [2.45, 2.75) is 33.3 Å². The monoisotopic (exact) mass is 386 g/mol. The molecule has 0 N–H and O–H groups in total. The van der Waals surface area contributed by atoms with Crippen LogP contribution in [0.4, 0.5) is 0 Å². The van der Waals surface area contributed by atoms with Crippen LogP contribution in [0.15, 0.2) is 51.9 Å². The van der Waals surface area contributed by atoms with Gasteiger partial charge in [0.15, 0.2) is 0 Å². The lowest BCUT2D eigenvalue weighted by molar-refractivity contribution is 0.297. The van der Waals surface area contributed by atoms with E-state index in [-0.39, 0.29) is 12.2 Å². The summed E-state index contributed by atoms with van der Waals surface area (Å²) < 4.78 is 8.32. The fourth-order valence-corrected chi connectivity index (χ4v) is 2.93. The maximum atomic E-state index is 12.2. The van der Waals surface area contributed by atoms with Gasteiger partial charge in [0.2, 0.25) is 0 Å². The van der Waals surface area contributed by atoms with Crippen molar-refractivity contribution in [3.05, 3.63) is 74.2 Å². The van der Waals surface area contributed by atoms with Gasteiger partial charge in [-0.2, -0.15) is 0 Å². The number of fused-ring (bicyclic) bond motifs is 1. The van der Waals surface area contributed by atoms with Gasteiger partial charge in [-0.1, -0.05) is 26.0 Å². The molecule has 0 aliphatic rings. The van der Waals surface area contributed by atoms with Crippen LogP contribution >= 0.6 is 15.9 Å². The number of hydrogen-bond acceptors (Lipinski definition) is 3. The molecule has 0 saturated heterocycles. The van der Waals surface area contributed by atoms with E-state index < -0.39 is 0 Å². The molecular formula is C19H19BrN2O2. The average Bonchev–Trinajstić information content (AvgIpc) is 2.53. The van der Waals surface area contributed by atoms with Crippen LogP contribution in [-0.2, 0) is 6.61 Å². The van der Waals surface area contributed by atoms with Gasteiger partial charge in [-0.25, -0.2) is 4.98 Å². The van der Waals surface area contributed by atoms with Crippen LogP contribution in [0.1, 0.15) is 36.6 Å². The lowest BCUT2D eigenvalue weighted by atomic mass is 10.0. The van der Waals surface area contributed by atoms with Gasteiger partial charge in [-0.05, 0) is 58.1 Å². The van der Waals surface area contributed by atoms with Gasteiger partial charge in [-0.3, -0.25) is 9.20 Å². The Kier molecular flexibility index (Phi) is 4.71. The minimum Gasteiger partial charge on any atom is -0.487 e. The topological polar surface area (TPSA) is 43.6 Å². The highest BCUT2D eigenvalue weighted by Crippen LogP contribution is 2.28. The zero-order chi connectivity index (χ0) is 17.3. The lowest BCUT2D eigenvalue weighted by Crippen LogP contribution is -2.16. The second kappa shape index (κ2) is 6.77. The number of halogens is 1. The first-order chi connectivity index (χ1) is 11.4. The zero-order valence-corrected chi connectivity index (χ0v) is 15.5. The quantitative estimate of drug-likeness (QED) is 0.664. The molecular weight excluding hydrogens is 368 g/mol. The molecule has 3 rings (SSSR count). The highest BCUT2D eigenvalue weighted by Gasteiger charge is 2.10. The molecule has 0 radical (unpaired) electrons. The number of aromatic nitrogens is 2. The number of aryl methyl sites for hydroxylation is 1. The highest BCUT2D eigenvalue weighted by molar-refractivity contribution is 9.10. The summed E-state index contributed by atoms with van der Waals surface area (Å²) in [6, 6.07) is 11.4. The lowest BCUT2D eigenvalue weighted by Gasteiger charge is -2.15. The van der Waals surface area contributed by atoms with Crippen LogP contribution in [0.5, 0.6) is 5.75 Å². The van der Waals surface area contributed by atoms with Crippen molar-refractivity contribution >= 4 is 21.6 Å². The molecule has 24 heavy (non-hydrogen) atoms. The van der Waals surface area contributed by atoms with Gasteiger partial charge in [-0.15, -0.1) is 0 Å². The fraction of sp³-hybridized carbons (Fsp3) is 0.263. The second-order valence-electron chi connectivity index (χ2n) is 6.15. The van der Waals surface area contributed by atoms with E-state index in [0.29, 0.717) is 17.3 Å². The van der Waals surface area contributed by atoms with E-state index in [2.05, 4.69) is 46.9 Å². The maximum Gasteiger partial charge on any atom is 0.258 e. The van der Waals surface area contributed by atoms with Crippen molar-refractivity contribution < 1.29 is 4.74 Å². The van der Waals surface area contributed by atoms with Gasteiger partial charge < -0.3 is 4.74 Å². The Labute approximate surface area is 149 Å². The summed E-state index contributed by atoms with van der Waals surface area (Å²) in [5.41, 5.74) is 3.41. The molecule has 0 atom stereocenters. The molecule has 0 spiro atoms. The summed E-state index contributed by atoms with van der Waals surface area (Å²) in [4.78, 5) is 16.7. The number of hydrogen-bond donors (Lipinski definition) is 0. The van der Waals surface area contributed by atoms with Crippen molar-refractivity contribution in [1.29, 1.82) is 0 Å². The first-order valence-corrected chi connectivity index (χ1v) is 8.64. The molecule has 0 fully saturated rings. The van der Waals surface area contributed by atoms with Crippen molar-refractivity contribution in [1.82, 2.24) is 9.38 Å². The van der Waals surface area contributed by atoms with Gasteiger partial charge in [0.1, 0.15) is 18.0 Å². The third kappa shape index (κ3) is 3.51. The van der Waals surface area contributed by atoms with Gasteiger partial charge in [0.05, 0.1) is 5.69 Å².